The fourth-order valence-electron chi connectivity index (χ4n) is 7.97. The molecule has 0 amide bonds. The van der Waals surface area contributed by atoms with Crippen molar-refractivity contribution in [1.29, 1.82) is 0 Å². The van der Waals surface area contributed by atoms with E-state index < -0.39 is 6.10 Å². The molecular weight excluding hydrogens is 745 g/mol. The van der Waals surface area contributed by atoms with E-state index in [9.17, 15) is 14.4 Å². The van der Waals surface area contributed by atoms with Crippen molar-refractivity contribution >= 4 is 17.9 Å². The first-order chi connectivity index (χ1) is 29.5. The molecule has 0 radical (unpaired) electrons. The lowest BCUT2D eigenvalue weighted by Crippen LogP contribution is -2.30. The van der Waals surface area contributed by atoms with Gasteiger partial charge in [0, 0.05) is 19.3 Å². The van der Waals surface area contributed by atoms with E-state index in [1.54, 1.807) is 0 Å². The molecule has 0 aromatic carbocycles. The van der Waals surface area contributed by atoms with E-state index in [4.69, 9.17) is 14.2 Å². The van der Waals surface area contributed by atoms with Gasteiger partial charge in [0.05, 0.1) is 0 Å². The van der Waals surface area contributed by atoms with Crippen molar-refractivity contribution in [3.63, 3.8) is 0 Å². The van der Waals surface area contributed by atoms with E-state index in [1.807, 2.05) is 0 Å². The Balaban J connectivity index is 4.33. The maximum Gasteiger partial charge on any atom is 0.306 e. The Morgan fingerprint density at radius 1 is 0.317 bits per heavy atom. The summed E-state index contributed by atoms with van der Waals surface area (Å²) >= 11 is 0. The number of carbonyl (C=O) groups is 3. The summed E-state index contributed by atoms with van der Waals surface area (Å²) in [7, 11) is 0. The smallest absolute Gasteiger partial charge is 0.306 e. The fraction of sp³-hybridized carbons (Fsp3) is 0.907. The lowest BCUT2D eigenvalue weighted by molar-refractivity contribution is -0.167. The number of hydrogen-bond acceptors (Lipinski definition) is 6. The molecule has 1 atom stereocenters. The van der Waals surface area contributed by atoms with Gasteiger partial charge in [-0.25, -0.2) is 0 Å². The second kappa shape index (κ2) is 49.8. The van der Waals surface area contributed by atoms with Gasteiger partial charge in [0.1, 0.15) is 13.2 Å². The molecule has 0 aliphatic heterocycles. The average molecular weight is 847 g/mol. The molecule has 0 rings (SSSR count). The van der Waals surface area contributed by atoms with Gasteiger partial charge >= 0.3 is 17.9 Å². The molecule has 0 aromatic heterocycles. The van der Waals surface area contributed by atoms with Crippen molar-refractivity contribution in [3.05, 3.63) is 12.2 Å². The predicted molar refractivity (Wildman–Crippen MR) is 256 cm³/mol. The number of allylic oxidation sites excluding steroid dienone is 2. The van der Waals surface area contributed by atoms with Crippen LogP contribution in [-0.2, 0) is 28.6 Å². The first-order valence-corrected chi connectivity index (χ1v) is 26.7. The summed E-state index contributed by atoms with van der Waals surface area (Å²) in [4.78, 5) is 38.0. The van der Waals surface area contributed by atoms with E-state index in [-0.39, 0.29) is 31.1 Å². The molecule has 0 fully saturated rings. The standard InChI is InChI=1S/C54H102O6/c1-4-7-10-13-16-19-22-25-26-27-30-32-35-38-41-44-47-53(56)59-50-51(60-54(57)48-45-42-39-36-33-29-24-21-18-15-12-9-6-3)49-58-52(55)46-43-40-37-34-31-28-23-20-17-14-11-8-5-2/h26-27,51H,4-25,28-50H2,1-3H3/b27-26-. The molecule has 1 unspecified atom stereocenters. The average Bonchev–Trinajstić information content (AvgIpc) is 3.24. The Morgan fingerprint density at radius 3 is 0.833 bits per heavy atom. The summed E-state index contributed by atoms with van der Waals surface area (Å²) in [5.41, 5.74) is 0. The van der Waals surface area contributed by atoms with E-state index >= 15 is 0 Å². The van der Waals surface area contributed by atoms with E-state index in [2.05, 4.69) is 32.9 Å². The molecule has 0 N–H and O–H groups in total. The third-order valence-electron chi connectivity index (χ3n) is 12.0. The van der Waals surface area contributed by atoms with Crippen molar-refractivity contribution in [1.82, 2.24) is 0 Å². The lowest BCUT2D eigenvalue weighted by Gasteiger charge is -2.18. The van der Waals surface area contributed by atoms with Crippen LogP contribution < -0.4 is 0 Å². The van der Waals surface area contributed by atoms with Gasteiger partial charge in [-0.3, -0.25) is 14.4 Å². The molecule has 0 saturated carbocycles. The fourth-order valence-corrected chi connectivity index (χ4v) is 7.97. The Bertz CT molecular complexity index is 931. The number of carbonyl (C=O) groups excluding carboxylic acids is 3. The summed E-state index contributed by atoms with van der Waals surface area (Å²) < 4.78 is 16.8. The molecule has 0 aliphatic carbocycles. The minimum atomic E-state index is -0.766. The molecule has 60 heavy (non-hydrogen) atoms. The summed E-state index contributed by atoms with van der Waals surface area (Å²) in [5, 5.41) is 0. The monoisotopic (exact) mass is 847 g/mol. The van der Waals surface area contributed by atoms with Gasteiger partial charge in [-0.1, -0.05) is 245 Å². The van der Waals surface area contributed by atoms with Crippen LogP contribution in [0.25, 0.3) is 0 Å². The van der Waals surface area contributed by atoms with Gasteiger partial charge in [0.15, 0.2) is 6.10 Å². The van der Waals surface area contributed by atoms with Crippen molar-refractivity contribution in [2.24, 2.45) is 0 Å². The van der Waals surface area contributed by atoms with Crippen molar-refractivity contribution in [2.45, 2.75) is 303 Å². The van der Waals surface area contributed by atoms with E-state index in [1.165, 1.54) is 193 Å². The maximum atomic E-state index is 12.8. The molecule has 0 aromatic rings. The zero-order valence-electron chi connectivity index (χ0n) is 40.5. The number of esters is 3. The zero-order valence-corrected chi connectivity index (χ0v) is 40.5. The van der Waals surface area contributed by atoms with Crippen LogP contribution in [0.2, 0.25) is 0 Å². The van der Waals surface area contributed by atoms with Gasteiger partial charge in [0.2, 0.25) is 0 Å². The van der Waals surface area contributed by atoms with E-state index in [0.717, 1.165) is 64.2 Å². The van der Waals surface area contributed by atoms with Gasteiger partial charge in [-0.05, 0) is 44.9 Å². The number of rotatable bonds is 49. The highest BCUT2D eigenvalue weighted by molar-refractivity contribution is 5.71. The predicted octanol–water partition coefficient (Wildman–Crippen LogP) is 17.4. The van der Waals surface area contributed by atoms with Crippen LogP contribution in [-0.4, -0.2) is 37.2 Å². The number of ether oxygens (including phenoxy) is 3. The van der Waals surface area contributed by atoms with Gasteiger partial charge in [-0.2, -0.15) is 0 Å². The summed E-state index contributed by atoms with van der Waals surface area (Å²) in [6.07, 6.45) is 54.7. The Kier molecular flexibility index (Phi) is 48.3. The lowest BCUT2D eigenvalue weighted by atomic mass is 10.0. The molecule has 354 valence electrons. The third kappa shape index (κ3) is 47.2. The van der Waals surface area contributed by atoms with Gasteiger partial charge in [0.25, 0.3) is 0 Å². The van der Waals surface area contributed by atoms with Crippen molar-refractivity contribution in [2.75, 3.05) is 13.2 Å². The van der Waals surface area contributed by atoms with Crippen LogP contribution in [0.4, 0.5) is 0 Å². The van der Waals surface area contributed by atoms with Crippen molar-refractivity contribution < 1.29 is 28.6 Å². The maximum absolute atomic E-state index is 12.8. The van der Waals surface area contributed by atoms with Crippen LogP contribution in [0.5, 0.6) is 0 Å². The second-order valence-corrected chi connectivity index (χ2v) is 18.2. The minimum Gasteiger partial charge on any atom is -0.462 e. The first-order valence-electron chi connectivity index (χ1n) is 26.7. The van der Waals surface area contributed by atoms with Crippen LogP contribution in [0, 0.1) is 0 Å². The van der Waals surface area contributed by atoms with Crippen LogP contribution in [0.15, 0.2) is 12.2 Å². The normalized spacial score (nSPS) is 12.0. The largest absolute Gasteiger partial charge is 0.462 e. The third-order valence-corrected chi connectivity index (χ3v) is 12.0. The molecule has 6 heteroatoms. The molecule has 0 bridgehead atoms. The summed E-state index contributed by atoms with van der Waals surface area (Å²) in [6, 6.07) is 0. The van der Waals surface area contributed by atoms with Crippen molar-refractivity contribution in [3.8, 4) is 0 Å². The minimum absolute atomic E-state index is 0.0671. The molecule has 0 saturated heterocycles. The highest BCUT2D eigenvalue weighted by atomic mass is 16.6. The molecule has 0 aliphatic rings. The molecule has 0 heterocycles. The molecule has 6 nitrogen and oxygen atoms in total. The van der Waals surface area contributed by atoms with Gasteiger partial charge in [-0.15, -0.1) is 0 Å². The molecule has 0 spiro atoms. The zero-order chi connectivity index (χ0) is 43.7. The van der Waals surface area contributed by atoms with Crippen LogP contribution in [0.3, 0.4) is 0 Å². The highest BCUT2D eigenvalue weighted by Gasteiger charge is 2.19. The van der Waals surface area contributed by atoms with Crippen LogP contribution in [0.1, 0.15) is 297 Å². The SMILES string of the molecule is CCCCCCCCC/C=C\CCCCCCCC(=O)OCC(COC(=O)CCCCCCCCCCCCCCC)OC(=O)CCCCCCCCCCCCCCC. The molecular formula is C54H102O6. The highest BCUT2D eigenvalue weighted by Crippen LogP contribution is 2.16. The first kappa shape index (κ1) is 58.1. The Morgan fingerprint density at radius 2 is 0.550 bits per heavy atom. The van der Waals surface area contributed by atoms with E-state index in [0.29, 0.717) is 19.3 Å². The Hall–Kier alpha value is -1.85. The van der Waals surface area contributed by atoms with Crippen LogP contribution >= 0.6 is 0 Å². The quantitative estimate of drug-likeness (QED) is 0.0263. The summed E-state index contributed by atoms with van der Waals surface area (Å²) in [5.74, 6) is -0.857. The number of hydrogen-bond donors (Lipinski definition) is 0. The second-order valence-electron chi connectivity index (χ2n) is 18.2. The number of unbranched alkanes of at least 4 members (excludes halogenated alkanes) is 36. The van der Waals surface area contributed by atoms with Gasteiger partial charge < -0.3 is 14.2 Å². The topological polar surface area (TPSA) is 78.9 Å². The Labute approximate surface area is 373 Å². The summed E-state index contributed by atoms with van der Waals surface area (Å²) in [6.45, 7) is 6.66.